The summed E-state index contributed by atoms with van der Waals surface area (Å²) in [5, 5.41) is 15.6. The van der Waals surface area contributed by atoms with E-state index < -0.39 is 0 Å². The number of aromatic nitrogens is 4. The van der Waals surface area contributed by atoms with E-state index in [1.54, 1.807) is 0 Å². The van der Waals surface area contributed by atoms with E-state index >= 15 is 0 Å². The Hall–Kier alpha value is -2.85. The van der Waals surface area contributed by atoms with Crippen molar-refractivity contribution in [1.29, 1.82) is 0 Å². The molecule has 0 spiro atoms. The first-order chi connectivity index (χ1) is 14.1. The molecule has 0 saturated heterocycles. The minimum absolute atomic E-state index is 0.132. The van der Waals surface area contributed by atoms with Gasteiger partial charge in [0.1, 0.15) is 13.2 Å². The number of fused-ring (bicyclic) bond motifs is 4. The molecule has 29 heavy (non-hydrogen) atoms. The Morgan fingerprint density at radius 2 is 2.00 bits per heavy atom. The van der Waals surface area contributed by atoms with Crippen LogP contribution in [0.5, 0.6) is 11.5 Å². The Morgan fingerprint density at radius 3 is 2.76 bits per heavy atom. The molecule has 8 nitrogen and oxygen atoms in total. The number of amides is 1. The van der Waals surface area contributed by atoms with Crippen LogP contribution in [-0.4, -0.2) is 44.5 Å². The molecule has 0 unspecified atom stereocenters. The van der Waals surface area contributed by atoms with Crippen molar-refractivity contribution >= 4 is 50.7 Å². The van der Waals surface area contributed by atoms with Gasteiger partial charge in [-0.3, -0.25) is 9.20 Å². The number of hydrogen-bond acceptors (Lipinski definition) is 8. The number of ether oxygens (including phenoxy) is 2. The molecule has 148 valence electrons. The normalized spacial score (nSPS) is 13.2. The SMILES string of the molecule is Cc1csc(NC(=O)CSc2nnc3c(C)cc4cc5c(cc4n23)OCCO5)n1. The van der Waals surface area contributed by atoms with Crippen LogP contribution in [0.2, 0.25) is 0 Å². The van der Waals surface area contributed by atoms with Crippen molar-refractivity contribution in [2.75, 3.05) is 24.3 Å². The summed E-state index contributed by atoms with van der Waals surface area (Å²) in [6.07, 6.45) is 0. The van der Waals surface area contributed by atoms with Gasteiger partial charge in [-0.25, -0.2) is 4.98 Å². The maximum atomic E-state index is 12.3. The monoisotopic (exact) mass is 427 g/mol. The van der Waals surface area contributed by atoms with E-state index in [-0.39, 0.29) is 11.7 Å². The zero-order chi connectivity index (χ0) is 20.0. The summed E-state index contributed by atoms with van der Waals surface area (Å²) in [7, 11) is 0. The molecule has 4 heterocycles. The minimum Gasteiger partial charge on any atom is -0.486 e. The van der Waals surface area contributed by atoms with E-state index in [2.05, 4.69) is 26.6 Å². The number of carbonyl (C=O) groups is 1. The molecule has 1 aromatic carbocycles. The summed E-state index contributed by atoms with van der Waals surface area (Å²) in [5.74, 6) is 1.52. The number of thiazole rings is 1. The molecule has 1 aliphatic heterocycles. The van der Waals surface area contributed by atoms with Crippen molar-refractivity contribution in [3.05, 3.63) is 34.8 Å². The summed E-state index contributed by atoms with van der Waals surface area (Å²) in [6, 6.07) is 5.98. The third kappa shape index (κ3) is 3.38. The first-order valence-electron chi connectivity index (χ1n) is 9.01. The van der Waals surface area contributed by atoms with Crippen LogP contribution in [0.1, 0.15) is 11.3 Å². The van der Waals surface area contributed by atoms with Gasteiger partial charge in [-0.2, -0.15) is 0 Å². The summed E-state index contributed by atoms with van der Waals surface area (Å²) in [4.78, 5) is 16.6. The average molecular weight is 428 g/mol. The fourth-order valence-corrected chi connectivity index (χ4v) is 4.68. The number of nitrogens with zero attached hydrogens (tertiary/aromatic N) is 4. The van der Waals surface area contributed by atoms with Gasteiger partial charge < -0.3 is 14.8 Å². The first kappa shape index (κ1) is 18.2. The third-order valence-corrected chi connectivity index (χ3v) is 6.29. The average Bonchev–Trinajstić information content (AvgIpc) is 3.32. The standard InChI is InChI=1S/C19H17N5O3S2/c1-10-5-12-6-14-15(27-4-3-26-14)7-13(12)24-17(10)22-23-19(24)29-9-16(25)21-18-20-11(2)8-28-18/h5-8H,3-4,9H2,1-2H3,(H,20,21,25). The number of aryl methyl sites for hydroxylation is 2. The Kier molecular flexibility index (Phi) is 4.51. The quantitative estimate of drug-likeness (QED) is 0.499. The van der Waals surface area contributed by atoms with Gasteiger partial charge in [-0.15, -0.1) is 21.5 Å². The van der Waals surface area contributed by atoms with Crippen molar-refractivity contribution in [2.45, 2.75) is 19.0 Å². The van der Waals surface area contributed by atoms with E-state index in [4.69, 9.17) is 9.47 Å². The zero-order valence-electron chi connectivity index (χ0n) is 15.8. The molecule has 1 aliphatic rings. The highest BCUT2D eigenvalue weighted by Gasteiger charge is 2.18. The summed E-state index contributed by atoms with van der Waals surface area (Å²) in [6.45, 7) is 4.95. The Bertz CT molecular complexity index is 1250. The van der Waals surface area contributed by atoms with E-state index in [0.29, 0.717) is 29.3 Å². The van der Waals surface area contributed by atoms with Crippen LogP contribution >= 0.6 is 23.1 Å². The second-order valence-corrected chi connectivity index (χ2v) is 8.46. The predicted octanol–water partition coefficient (Wildman–Crippen LogP) is 3.46. The van der Waals surface area contributed by atoms with Crippen molar-refractivity contribution in [1.82, 2.24) is 19.6 Å². The molecule has 1 amide bonds. The molecule has 0 fully saturated rings. The Morgan fingerprint density at radius 1 is 1.21 bits per heavy atom. The lowest BCUT2D eigenvalue weighted by Gasteiger charge is -2.19. The van der Waals surface area contributed by atoms with Gasteiger partial charge in [0.2, 0.25) is 5.91 Å². The summed E-state index contributed by atoms with van der Waals surface area (Å²) >= 11 is 2.74. The Balaban J connectivity index is 1.48. The number of nitrogens with one attached hydrogen (secondary N) is 1. The van der Waals surface area contributed by atoms with E-state index in [1.165, 1.54) is 23.1 Å². The van der Waals surface area contributed by atoms with Crippen LogP contribution in [0, 0.1) is 13.8 Å². The van der Waals surface area contributed by atoms with Gasteiger partial charge in [-0.05, 0) is 31.5 Å². The van der Waals surface area contributed by atoms with Gasteiger partial charge in [-0.1, -0.05) is 11.8 Å². The number of pyridine rings is 1. The second-order valence-electron chi connectivity index (χ2n) is 6.65. The van der Waals surface area contributed by atoms with Gasteiger partial charge in [0.25, 0.3) is 0 Å². The number of benzene rings is 1. The van der Waals surface area contributed by atoms with Crippen molar-refractivity contribution in [3.8, 4) is 11.5 Å². The van der Waals surface area contributed by atoms with Crippen LogP contribution in [0.25, 0.3) is 16.6 Å². The Labute approximate surface area is 174 Å². The van der Waals surface area contributed by atoms with Gasteiger partial charge in [0.15, 0.2) is 27.4 Å². The molecule has 0 aliphatic carbocycles. The predicted molar refractivity (Wildman–Crippen MR) is 112 cm³/mol. The highest BCUT2D eigenvalue weighted by Crippen LogP contribution is 2.36. The number of thioether (sulfide) groups is 1. The van der Waals surface area contributed by atoms with Crippen molar-refractivity contribution in [2.24, 2.45) is 0 Å². The molecule has 4 aromatic rings. The molecule has 0 radical (unpaired) electrons. The van der Waals surface area contributed by atoms with Crippen LogP contribution in [-0.2, 0) is 4.79 Å². The number of carbonyl (C=O) groups excluding carboxylic acids is 1. The number of hydrogen-bond donors (Lipinski definition) is 1. The minimum atomic E-state index is -0.132. The maximum Gasteiger partial charge on any atom is 0.236 e. The molecular weight excluding hydrogens is 410 g/mol. The molecule has 0 atom stereocenters. The van der Waals surface area contributed by atoms with E-state index in [1.807, 2.05) is 35.8 Å². The summed E-state index contributed by atoms with van der Waals surface area (Å²) < 4.78 is 13.4. The van der Waals surface area contributed by atoms with Gasteiger partial charge in [0, 0.05) is 16.8 Å². The van der Waals surface area contributed by atoms with Gasteiger partial charge in [0.05, 0.1) is 17.0 Å². The first-order valence-corrected chi connectivity index (χ1v) is 10.9. The fraction of sp³-hybridized carbons (Fsp3) is 0.263. The topological polar surface area (TPSA) is 90.6 Å². The zero-order valence-corrected chi connectivity index (χ0v) is 17.4. The summed E-state index contributed by atoms with van der Waals surface area (Å²) in [5.41, 5.74) is 3.56. The largest absolute Gasteiger partial charge is 0.486 e. The third-order valence-electron chi connectivity index (χ3n) is 4.49. The van der Waals surface area contributed by atoms with Crippen LogP contribution < -0.4 is 14.8 Å². The number of rotatable bonds is 4. The fourth-order valence-electron chi connectivity index (χ4n) is 3.23. The molecule has 10 heteroatoms. The maximum absolute atomic E-state index is 12.3. The van der Waals surface area contributed by atoms with E-state index in [0.717, 1.165) is 33.6 Å². The number of anilines is 1. The van der Waals surface area contributed by atoms with Crippen molar-refractivity contribution in [3.63, 3.8) is 0 Å². The smallest absolute Gasteiger partial charge is 0.236 e. The lowest BCUT2D eigenvalue weighted by Crippen LogP contribution is -2.15. The lowest BCUT2D eigenvalue weighted by molar-refractivity contribution is -0.113. The molecule has 0 bridgehead atoms. The van der Waals surface area contributed by atoms with E-state index in [9.17, 15) is 4.79 Å². The van der Waals surface area contributed by atoms with Crippen LogP contribution in [0.3, 0.4) is 0 Å². The second kappa shape index (κ2) is 7.20. The van der Waals surface area contributed by atoms with Gasteiger partial charge >= 0.3 is 0 Å². The lowest BCUT2D eigenvalue weighted by atomic mass is 10.1. The molecule has 0 saturated carbocycles. The van der Waals surface area contributed by atoms with Crippen molar-refractivity contribution < 1.29 is 14.3 Å². The van der Waals surface area contributed by atoms with Crippen LogP contribution in [0.15, 0.2) is 28.7 Å². The highest BCUT2D eigenvalue weighted by atomic mass is 32.2. The molecular formula is C19H17N5O3S2. The molecule has 1 N–H and O–H groups in total. The van der Waals surface area contributed by atoms with Crippen LogP contribution in [0.4, 0.5) is 5.13 Å². The molecule has 3 aromatic heterocycles. The molecule has 5 rings (SSSR count). The highest BCUT2D eigenvalue weighted by molar-refractivity contribution is 7.99.